The minimum Gasteiger partial charge on any atom is -0.497 e. The predicted octanol–water partition coefficient (Wildman–Crippen LogP) is 2.42. The number of hydrogen-bond acceptors (Lipinski definition) is 3. The molecule has 0 bridgehead atoms. The number of benzene rings is 1. The topological polar surface area (TPSA) is 55.6 Å². The van der Waals surface area contributed by atoms with Crippen molar-refractivity contribution in [2.24, 2.45) is 17.6 Å². The summed E-state index contributed by atoms with van der Waals surface area (Å²) in [5, 5.41) is 0. The van der Waals surface area contributed by atoms with Crippen molar-refractivity contribution in [1.29, 1.82) is 0 Å². The van der Waals surface area contributed by atoms with E-state index < -0.39 is 0 Å². The highest BCUT2D eigenvalue weighted by Crippen LogP contribution is 2.24. The lowest BCUT2D eigenvalue weighted by atomic mass is 9.88. The van der Waals surface area contributed by atoms with Crippen LogP contribution < -0.4 is 10.5 Å². The molecule has 1 fully saturated rings. The SMILES string of the molecule is COc1ccc(CN2CCCC(CC(C)C(N)=O)C2)cc1. The predicted molar refractivity (Wildman–Crippen MR) is 84.0 cm³/mol. The third kappa shape index (κ3) is 4.74. The zero-order chi connectivity index (χ0) is 15.2. The average Bonchev–Trinajstić information content (AvgIpc) is 2.48. The molecule has 1 aromatic carbocycles. The molecule has 1 amide bonds. The van der Waals surface area contributed by atoms with Crippen LogP contribution >= 0.6 is 0 Å². The maximum atomic E-state index is 11.2. The van der Waals surface area contributed by atoms with Gasteiger partial charge in [-0.2, -0.15) is 0 Å². The van der Waals surface area contributed by atoms with Gasteiger partial charge in [-0.3, -0.25) is 9.69 Å². The van der Waals surface area contributed by atoms with E-state index in [0.717, 1.165) is 31.8 Å². The Hall–Kier alpha value is -1.55. The number of hydrogen-bond donors (Lipinski definition) is 1. The summed E-state index contributed by atoms with van der Waals surface area (Å²) in [5.74, 6) is 1.28. The summed E-state index contributed by atoms with van der Waals surface area (Å²) in [6, 6.07) is 8.25. The molecule has 2 N–H and O–H groups in total. The summed E-state index contributed by atoms with van der Waals surface area (Å²) < 4.78 is 5.18. The van der Waals surface area contributed by atoms with E-state index >= 15 is 0 Å². The second-order valence-corrected chi connectivity index (χ2v) is 6.13. The van der Waals surface area contributed by atoms with Crippen LogP contribution in [0.25, 0.3) is 0 Å². The quantitative estimate of drug-likeness (QED) is 0.875. The van der Waals surface area contributed by atoms with E-state index in [1.165, 1.54) is 18.4 Å². The van der Waals surface area contributed by atoms with Crippen LogP contribution in [-0.2, 0) is 11.3 Å². The molecular formula is C17H26N2O2. The van der Waals surface area contributed by atoms with Gasteiger partial charge in [-0.05, 0) is 49.4 Å². The minimum atomic E-state index is -0.178. The van der Waals surface area contributed by atoms with Gasteiger partial charge in [-0.15, -0.1) is 0 Å². The van der Waals surface area contributed by atoms with Crippen molar-refractivity contribution in [1.82, 2.24) is 4.90 Å². The first kappa shape index (κ1) is 15.8. The van der Waals surface area contributed by atoms with Gasteiger partial charge in [0.15, 0.2) is 0 Å². The Morgan fingerprint density at radius 1 is 1.43 bits per heavy atom. The van der Waals surface area contributed by atoms with Crippen molar-refractivity contribution in [2.45, 2.75) is 32.7 Å². The maximum Gasteiger partial charge on any atom is 0.220 e. The van der Waals surface area contributed by atoms with Crippen LogP contribution in [0.3, 0.4) is 0 Å². The van der Waals surface area contributed by atoms with Crippen LogP contribution in [0, 0.1) is 11.8 Å². The second kappa shape index (κ2) is 7.46. The molecule has 2 atom stereocenters. The number of methoxy groups -OCH3 is 1. The average molecular weight is 290 g/mol. The highest BCUT2D eigenvalue weighted by atomic mass is 16.5. The first-order valence-electron chi connectivity index (χ1n) is 7.73. The molecule has 0 aromatic heterocycles. The minimum absolute atomic E-state index is 0.0177. The van der Waals surface area contributed by atoms with Gasteiger partial charge in [0, 0.05) is 19.0 Å². The van der Waals surface area contributed by atoms with Gasteiger partial charge in [0.25, 0.3) is 0 Å². The highest BCUT2D eigenvalue weighted by molar-refractivity contribution is 5.76. The third-order valence-corrected chi connectivity index (χ3v) is 4.34. The van der Waals surface area contributed by atoms with Crippen molar-refractivity contribution in [3.8, 4) is 5.75 Å². The van der Waals surface area contributed by atoms with E-state index in [2.05, 4.69) is 17.0 Å². The van der Waals surface area contributed by atoms with Crippen molar-refractivity contribution in [2.75, 3.05) is 20.2 Å². The fourth-order valence-electron chi connectivity index (χ4n) is 3.09. The van der Waals surface area contributed by atoms with Gasteiger partial charge in [0.05, 0.1) is 7.11 Å². The summed E-state index contributed by atoms with van der Waals surface area (Å²) in [6.45, 7) is 5.09. The van der Waals surface area contributed by atoms with Gasteiger partial charge in [0.2, 0.25) is 5.91 Å². The molecule has 0 radical (unpaired) electrons. The molecular weight excluding hydrogens is 264 g/mol. The second-order valence-electron chi connectivity index (χ2n) is 6.13. The van der Waals surface area contributed by atoms with Crippen LogP contribution in [0.2, 0.25) is 0 Å². The van der Waals surface area contributed by atoms with Gasteiger partial charge in [0.1, 0.15) is 5.75 Å². The lowest BCUT2D eigenvalue weighted by Crippen LogP contribution is -2.36. The number of nitrogens with zero attached hydrogens (tertiary/aromatic N) is 1. The normalized spacial score (nSPS) is 21.0. The van der Waals surface area contributed by atoms with Gasteiger partial charge in [-0.1, -0.05) is 19.1 Å². The summed E-state index contributed by atoms with van der Waals surface area (Å²) in [4.78, 5) is 13.7. The van der Waals surface area contributed by atoms with Crippen molar-refractivity contribution < 1.29 is 9.53 Å². The molecule has 1 heterocycles. The van der Waals surface area contributed by atoms with E-state index in [0.29, 0.717) is 5.92 Å². The lowest BCUT2D eigenvalue weighted by molar-refractivity contribution is -0.121. The van der Waals surface area contributed by atoms with Crippen LogP contribution in [0.4, 0.5) is 0 Å². The zero-order valence-corrected chi connectivity index (χ0v) is 13.0. The number of rotatable bonds is 6. The Morgan fingerprint density at radius 3 is 2.76 bits per heavy atom. The molecule has 116 valence electrons. The summed E-state index contributed by atoms with van der Waals surface area (Å²) in [7, 11) is 1.68. The number of amides is 1. The number of primary amides is 1. The summed E-state index contributed by atoms with van der Waals surface area (Å²) in [6.07, 6.45) is 3.32. The van der Waals surface area contributed by atoms with E-state index in [4.69, 9.17) is 10.5 Å². The molecule has 0 spiro atoms. The highest BCUT2D eigenvalue weighted by Gasteiger charge is 2.23. The monoisotopic (exact) mass is 290 g/mol. The van der Waals surface area contributed by atoms with Crippen LogP contribution in [0.1, 0.15) is 31.7 Å². The number of ether oxygens (including phenoxy) is 1. The number of piperidine rings is 1. The Bertz CT molecular complexity index is 458. The Balaban J connectivity index is 1.87. The van der Waals surface area contributed by atoms with E-state index in [9.17, 15) is 4.79 Å². The number of likely N-dealkylation sites (tertiary alicyclic amines) is 1. The molecule has 1 aliphatic heterocycles. The van der Waals surface area contributed by atoms with Crippen molar-refractivity contribution in [3.63, 3.8) is 0 Å². The first-order chi connectivity index (χ1) is 10.1. The van der Waals surface area contributed by atoms with Gasteiger partial charge < -0.3 is 10.5 Å². The molecule has 1 aliphatic rings. The van der Waals surface area contributed by atoms with E-state index in [-0.39, 0.29) is 11.8 Å². The first-order valence-corrected chi connectivity index (χ1v) is 7.73. The molecule has 0 aliphatic carbocycles. The molecule has 2 rings (SSSR count). The van der Waals surface area contributed by atoms with Crippen LogP contribution in [0.15, 0.2) is 24.3 Å². The fourth-order valence-corrected chi connectivity index (χ4v) is 3.09. The molecule has 1 aromatic rings. The fraction of sp³-hybridized carbons (Fsp3) is 0.588. The van der Waals surface area contributed by atoms with Gasteiger partial charge >= 0.3 is 0 Å². The molecule has 4 heteroatoms. The third-order valence-electron chi connectivity index (χ3n) is 4.34. The molecule has 1 saturated heterocycles. The van der Waals surface area contributed by atoms with Crippen LogP contribution in [0.5, 0.6) is 5.75 Å². The van der Waals surface area contributed by atoms with Crippen LogP contribution in [-0.4, -0.2) is 31.0 Å². The molecule has 4 nitrogen and oxygen atoms in total. The zero-order valence-electron chi connectivity index (χ0n) is 13.0. The van der Waals surface area contributed by atoms with Crippen molar-refractivity contribution in [3.05, 3.63) is 29.8 Å². The molecule has 21 heavy (non-hydrogen) atoms. The smallest absolute Gasteiger partial charge is 0.220 e. The number of carbonyl (C=O) groups is 1. The Labute approximate surface area is 127 Å². The Morgan fingerprint density at radius 2 is 2.14 bits per heavy atom. The van der Waals surface area contributed by atoms with Gasteiger partial charge in [-0.25, -0.2) is 0 Å². The van der Waals surface area contributed by atoms with E-state index in [1.54, 1.807) is 7.11 Å². The maximum absolute atomic E-state index is 11.2. The number of carbonyl (C=O) groups excluding carboxylic acids is 1. The summed E-state index contributed by atoms with van der Waals surface area (Å²) in [5.41, 5.74) is 6.68. The Kier molecular flexibility index (Phi) is 5.62. The van der Waals surface area contributed by atoms with Crippen molar-refractivity contribution >= 4 is 5.91 Å². The standard InChI is InChI=1S/C17H26N2O2/c1-13(17(18)20)10-15-4-3-9-19(12-15)11-14-5-7-16(21-2)8-6-14/h5-8,13,15H,3-4,9-12H2,1-2H3,(H2,18,20). The van der Waals surface area contributed by atoms with E-state index in [1.807, 2.05) is 19.1 Å². The largest absolute Gasteiger partial charge is 0.497 e. The molecule has 0 saturated carbocycles. The number of nitrogens with two attached hydrogens (primary N) is 1. The lowest BCUT2D eigenvalue weighted by Gasteiger charge is -2.33. The molecule has 2 unspecified atom stereocenters. The summed E-state index contributed by atoms with van der Waals surface area (Å²) >= 11 is 0.